The van der Waals surface area contributed by atoms with Crippen molar-refractivity contribution < 1.29 is 4.79 Å². The monoisotopic (exact) mass is 330 g/mol. The number of fused-ring (bicyclic) bond motifs is 1. The third-order valence-electron chi connectivity index (χ3n) is 3.63. The third kappa shape index (κ3) is 3.07. The summed E-state index contributed by atoms with van der Waals surface area (Å²) in [7, 11) is 0. The molecular formula is C16H15ClN4O2. The number of amides is 2. The van der Waals surface area contributed by atoms with E-state index in [1.807, 2.05) is 13.8 Å². The van der Waals surface area contributed by atoms with Gasteiger partial charge in [0.1, 0.15) is 0 Å². The van der Waals surface area contributed by atoms with Gasteiger partial charge in [0.25, 0.3) is 0 Å². The van der Waals surface area contributed by atoms with E-state index in [0.29, 0.717) is 27.4 Å². The largest absolute Gasteiger partial charge is 0.323 e. The van der Waals surface area contributed by atoms with Crippen molar-refractivity contribution in [1.82, 2.24) is 9.97 Å². The van der Waals surface area contributed by atoms with E-state index in [1.165, 1.54) is 0 Å². The zero-order valence-electron chi connectivity index (χ0n) is 12.6. The summed E-state index contributed by atoms with van der Waals surface area (Å²) in [6.45, 7) is 3.69. The molecule has 0 saturated heterocycles. The van der Waals surface area contributed by atoms with Crippen LogP contribution in [0.25, 0.3) is 11.0 Å². The van der Waals surface area contributed by atoms with Gasteiger partial charge in [0.15, 0.2) is 0 Å². The molecule has 0 spiro atoms. The maximum atomic E-state index is 12.2. The zero-order chi connectivity index (χ0) is 16.6. The van der Waals surface area contributed by atoms with Crippen LogP contribution in [0.5, 0.6) is 0 Å². The van der Waals surface area contributed by atoms with Gasteiger partial charge in [-0.25, -0.2) is 9.59 Å². The van der Waals surface area contributed by atoms with Gasteiger partial charge in [-0.3, -0.25) is 0 Å². The second-order valence-electron chi connectivity index (χ2n) is 5.28. The molecule has 2 aromatic carbocycles. The molecule has 0 unspecified atom stereocenters. The molecule has 0 bridgehead atoms. The van der Waals surface area contributed by atoms with Crippen LogP contribution in [0.2, 0.25) is 5.02 Å². The number of halogens is 1. The van der Waals surface area contributed by atoms with Crippen molar-refractivity contribution in [1.29, 1.82) is 0 Å². The van der Waals surface area contributed by atoms with E-state index in [2.05, 4.69) is 20.6 Å². The van der Waals surface area contributed by atoms with Crippen molar-refractivity contribution in [2.24, 2.45) is 0 Å². The SMILES string of the molecule is Cc1cc2[nH]c(=O)[nH]c2cc1NC(=O)Nc1cccc(Cl)c1C. The van der Waals surface area contributed by atoms with Crippen molar-refractivity contribution in [3.63, 3.8) is 0 Å². The van der Waals surface area contributed by atoms with E-state index in [1.54, 1.807) is 30.3 Å². The lowest BCUT2D eigenvalue weighted by atomic mass is 10.1. The number of rotatable bonds is 2. The van der Waals surface area contributed by atoms with Gasteiger partial charge in [0.2, 0.25) is 0 Å². The average Bonchev–Trinajstić information content (AvgIpc) is 2.83. The van der Waals surface area contributed by atoms with Crippen molar-refractivity contribution in [2.45, 2.75) is 13.8 Å². The van der Waals surface area contributed by atoms with Crippen molar-refractivity contribution in [2.75, 3.05) is 10.6 Å². The van der Waals surface area contributed by atoms with E-state index in [0.717, 1.165) is 11.1 Å². The fourth-order valence-corrected chi connectivity index (χ4v) is 2.52. The highest BCUT2D eigenvalue weighted by molar-refractivity contribution is 6.31. The summed E-state index contributed by atoms with van der Waals surface area (Å²) in [6, 6.07) is 8.45. The number of aromatic amines is 2. The lowest BCUT2D eigenvalue weighted by Crippen LogP contribution is -2.20. The first kappa shape index (κ1) is 15.2. The average molecular weight is 331 g/mol. The summed E-state index contributed by atoms with van der Waals surface area (Å²) < 4.78 is 0. The summed E-state index contributed by atoms with van der Waals surface area (Å²) in [5.41, 5.74) is 3.94. The molecule has 23 heavy (non-hydrogen) atoms. The highest BCUT2D eigenvalue weighted by atomic mass is 35.5. The topological polar surface area (TPSA) is 89.8 Å². The minimum absolute atomic E-state index is 0.282. The fraction of sp³-hybridized carbons (Fsp3) is 0.125. The first-order valence-corrected chi connectivity index (χ1v) is 7.37. The standard InChI is InChI=1S/C16H15ClN4O2/c1-8-6-13-14(21-16(23)20-13)7-12(8)19-15(22)18-11-5-3-4-10(17)9(11)2/h3-7H,1-2H3,(H2,18,19,22)(H2,20,21,23). The van der Waals surface area contributed by atoms with Gasteiger partial charge in [0, 0.05) is 16.4 Å². The number of hydrogen-bond donors (Lipinski definition) is 4. The molecule has 3 rings (SSSR count). The summed E-state index contributed by atoms with van der Waals surface area (Å²) >= 11 is 6.04. The van der Waals surface area contributed by atoms with Crippen molar-refractivity contribution in [3.8, 4) is 0 Å². The number of H-pyrrole nitrogens is 2. The molecule has 4 N–H and O–H groups in total. The number of benzene rings is 2. The van der Waals surface area contributed by atoms with Crippen LogP contribution in [0, 0.1) is 13.8 Å². The van der Waals surface area contributed by atoms with Crippen molar-refractivity contribution in [3.05, 3.63) is 57.0 Å². The van der Waals surface area contributed by atoms with Crippen LogP contribution in [0.15, 0.2) is 35.1 Å². The lowest BCUT2D eigenvalue weighted by molar-refractivity contribution is 0.262. The van der Waals surface area contributed by atoms with Crippen molar-refractivity contribution >= 4 is 40.0 Å². The normalized spacial score (nSPS) is 10.7. The van der Waals surface area contributed by atoms with Crippen LogP contribution < -0.4 is 16.3 Å². The summed E-state index contributed by atoms with van der Waals surface area (Å²) in [5, 5.41) is 6.13. The number of urea groups is 1. The van der Waals surface area contributed by atoms with Gasteiger partial charge in [-0.15, -0.1) is 0 Å². The highest BCUT2D eigenvalue weighted by Gasteiger charge is 2.10. The first-order valence-electron chi connectivity index (χ1n) is 7.00. The molecule has 6 nitrogen and oxygen atoms in total. The number of hydrogen-bond acceptors (Lipinski definition) is 2. The molecule has 118 valence electrons. The molecule has 3 aromatic rings. The van der Waals surface area contributed by atoms with Crippen LogP contribution in [0.3, 0.4) is 0 Å². The summed E-state index contributed by atoms with van der Waals surface area (Å²) in [5.74, 6) is 0. The Bertz CT molecular complexity index is 958. The molecule has 0 atom stereocenters. The van der Waals surface area contributed by atoms with E-state index < -0.39 is 0 Å². The molecule has 1 heterocycles. The number of aryl methyl sites for hydroxylation is 1. The Balaban J connectivity index is 1.83. The second-order valence-corrected chi connectivity index (χ2v) is 5.69. The Labute approximate surface area is 136 Å². The Kier molecular flexibility index (Phi) is 3.83. The smallest absolute Gasteiger partial charge is 0.307 e. The second kappa shape index (κ2) is 5.81. The van der Waals surface area contributed by atoms with Gasteiger partial charge in [0.05, 0.1) is 11.0 Å². The maximum absolute atomic E-state index is 12.2. The molecule has 7 heteroatoms. The predicted octanol–water partition coefficient (Wildman–Crippen LogP) is 3.77. The minimum Gasteiger partial charge on any atom is -0.307 e. The molecule has 0 aliphatic heterocycles. The molecule has 0 radical (unpaired) electrons. The van der Waals surface area contributed by atoms with Gasteiger partial charge >= 0.3 is 11.7 Å². The Morgan fingerprint density at radius 1 is 1.04 bits per heavy atom. The number of carbonyl (C=O) groups is 1. The van der Waals surface area contributed by atoms with E-state index in [4.69, 9.17) is 11.6 Å². The Morgan fingerprint density at radius 3 is 2.43 bits per heavy atom. The van der Waals surface area contributed by atoms with Crippen LogP contribution in [0.4, 0.5) is 16.2 Å². The zero-order valence-corrected chi connectivity index (χ0v) is 13.3. The molecular weight excluding hydrogens is 316 g/mol. The van der Waals surface area contributed by atoms with Crippen LogP contribution >= 0.6 is 11.6 Å². The fourth-order valence-electron chi connectivity index (χ4n) is 2.34. The highest BCUT2D eigenvalue weighted by Crippen LogP contribution is 2.24. The molecule has 0 aliphatic carbocycles. The Hall–Kier alpha value is -2.73. The quantitative estimate of drug-likeness (QED) is 0.576. The number of carbonyl (C=O) groups excluding carboxylic acids is 1. The summed E-state index contributed by atoms with van der Waals surface area (Å²) in [4.78, 5) is 28.9. The van der Waals surface area contributed by atoms with Gasteiger partial charge in [-0.05, 0) is 49.2 Å². The minimum atomic E-state index is -0.379. The molecule has 0 saturated carbocycles. The molecule has 2 amide bonds. The molecule has 0 fully saturated rings. The maximum Gasteiger partial charge on any atom is 0.323 e. The van der Waals surface area contributed by atoms with Crippen LogP contribution in [-0.2, 0) is 0 Å². The van der Waals surface area contributed by atoms with Crippen LogP contribution in [-0.4, -0.2) is 16.0 Å². The number of aromatic nitrogens is 2. The number of nitrogens with one attached hydrogen (secondary N) is 4. The first-order chi connectivity index (χ1) is 10.9. The van der Waals surface area contributed by atoms with E-state index in [-0.39, 0.29) is 11.7 Å². The lowest BCUT2D eigenvalue weighted by Gasteiger charge is -2.12. The molecule has 0 aliphatic rings. The summed E-state index contributed by atoms with van der Waals surface area (Å²) in [6.07, 6.45) is 0. The number of anilines is 2. The van der Waals surface area contributed by atoms with Gasteiger partial charge in [-0.1, -0.05) is 17.7 Å². The van der Waals surface area contributed by atoms with Gasteiger partial charge < -0.3 is 20.6 Å². The van der Waals surface area contributed by atoms with Gasteiger partial charge in [-0.2, -0.15) is 0 Å². The van der Waals surface area contributed by atoms with E-state index >= 15 is 0 Å². The predicted molar refractivity (Wildman–Crippen MR) is 92.5 cm³/mol. The van der Waals surface area contributed by atoms with E-state index in [9.17, 15) is 9.59 Å². The number of imidazole rings is 1. The van der Waals surface area contributed by atoms with Crippen LogP contribution in [0.1, 0.15) is 11.1 Å². The Morgan fingerprint density at radius 2 is 1.70 bits per heavy atom. The third-order valence-corrected chi connectivity index (χ3v) is 4.03. The molecule has 1 aromatic heterocycles.